The third-order valence-electron chi connectivity index (χ3n) is 2.61. The molecule has 1 aromatic heterocycles. The predicted molar refractivity (Wildman–Crippen MR) is 69.4 cm³/mol. The van der Waals surface area contributed by atoms with E-state index in [-0.39, 0.29) is 5.91 Å². The summed E-state index contributed by atoms with van der Waals surface area (Å²) < 4.78 is 0. The van der Waals surface area contributed by atoms with Gasteiger partial charge in [0.2, 0.25) is 5.91 Å². The fourth-order valence-corrected chi connectivity index (χ4v) is 1.60. The van der Waals surface area contributed by atoms with Crippen molar-refractivity contribution in [1.82, 2.24) is 10.3 Å². The second kappa shape index (κ2) is 8.74. The molecule has 93 valence electrons. The first kappa shape index (κ1) is 13.7. The number of aromatic nitrogens is 1. The summed E-state index contributed by atoms with van der Waals surface area (Å²) in [6, 6.07) is 3.89. The maximum absolute atomic E-state index is 11.5. The molecule has 0 bridgehead atoms. The van der Waals surface area contributed by atoms with Crippen LogP contribution in [0.3, 0.4) is 0 Å². The van der Waals surface area contributed by atoms with Gasteiger partial charge < -0.3 is 5.32 Å². The van der Waals surface area contributed by atoms with Crippen molar-refractivity contribution in [3.63, 3.8) is 0 Å². The Kier molecular flexibility index (Phi) is 7.03. The Labute approximate surface area is 104 Å². The molecule has 0 spiro atoms. The van der Waals surface area contributed by atoms with Crippen molar-refractivity contribution in [3.8, 4) is 0 Å². The Hall–Kier alpha value is -1.38. The zero-order valence-electron chi connectivity index (χ0n) is 10.3. The minimum Gasteiger partial charge on any atom is -0.356 e. The lowest BCUT2D eigenvalue weighted by molar-refractivity contribution is -0.121. The second-order valence-corrected chi connectivity index (χ2v) is 4.13. The van der Waals surface area contributed by atoms with Crippen molar-refractivity contribution in [2.45, 2.75) is 38.5 Å². The zero-order valence-corrected chi connectivity index (χ0v) is 10.3. The number of aryl methyl sites for hydroxylation is 1. The van der Waals surface area contributed by atoms with E-state index in [1.165, 1.54) is 0 Å². The molecule has 3 heteroatoms. The second-order valence-electron chi connectivity index (χ2n) is 4.13. The minimum absolute atomic E-state index is 0.128. The Balaban J connectivity index is 2.05. The zero-order chi connectivity index (χ0) is 12.3. The number of nitrogens with one attached hydrogen (secondary N) is 1. The molecule has 1 heterocycles. The molecule has 0 fully saturated rings. The standard InChI is InChI=1S/C14H21N2O/c1-2-3-4-5-11-16-14(17)9-8-13-7-6-10-15-12-13/h6-7,10,12H,1-5,8-9,11H2,(H,16,17). The Morgan fingerprint density at radius 2 is 2.24 bits per heavy atom. The average Bonchev–Trinajstić information content (AvgIpc) is 2.37. The molecular formula is C14H21N2O. The van der Waals surface area contributed by atoms with Crippen LogP contribution >= 0.6 is 0 Å². The number of hydrogen-bond donors (Lipinski definition) is 1. The molecule has 1 aromatic rings. The number of nitrogens with zero attached hydrogens (tertiary/aromatic N) is 1. The molecule has 0 aliphatic carbocycles. The molecule has 17 heavy (non-hydrogen) atoms. The van der Waals surface area contributed by atoms with E-state index in [0.717, 1.165) is 44.2 Å². The van der Waals surface area contributed by atoms with E-state index in [2.05, 4.69) is 17.2 Å². The SMILES string of the molecule is [CH2]CCCCCNC(=O)CCc1cccnc1. The molecule has 1 radical (unpaired) electrons. The van der Waals surface area contributed by atoms with Crippen molar-refractivity contribution in [2.24, 2.45) is 0 Å². The molecule has 0 unspecified atom stereocenters. The summed E-state index contributed by atoms with van der Waals surface area (Å²) in [6.45, 7) is 4.57. The van der Waals surface area contributed by atoms with Gasteiger partial charge in [0.15, 0.2) is 0 Å². The van der Waals surface area contributed by atoms with Crippen molar-refractivity contribution in [2.75, 3.05) is 6.54 Å². The van der Waals surface area contributed by atoms with Crippen molar-refractivity contribution in [3.05, 3.63) is 37.0 Å². The van der Waals surface area contributed by atoms with Crippen LogP contribution in [0.2, 0.25) is 0 Å². The molecule has 0 atom stereocenters. The summed E-state index contributed by atoms with van der Waals surface area (Å²) in [4.78, 5) is 15.5. The van der Waals surface area contributed by atoms with Crippen LogP contribution in [0.25, 0.3) is 0 Å². The molecule has 0 saturated carbocycles. The normalized spacial score (nSPS) is 10.2. The fourth-order valence-electron chi connectivity index (χ4n) is 1.60. The maximum atomic E-state index is 11.5. The summed E-state index contributed by atoms with van der Waals surface area (Å²) in [6.07, 6.45) is 9.17. The van der Waals surface area contributed by atoms with Crippen LogP contribution in [0.1, 0.15) is 37.7 Å². The highest BCUT2D eigenvalue weighted by Gasteiger charge is 2.01. The number of amides is 1. The summed E-state index contributed by atoms with van der Waals surface area (Å²) in [7, 11) is 0. The van der Waals surface area contributed by atoms with Crippen LogP contribution in [0.4, 0.5) is 0 Å². The molecule has 0 saturated heterocycles. The van der Waals surface area contributed by atoms with Gasteiger partial charge in [-0.2, -0.15) is 0 Å². The third kappa shape index (κ3) is 6.72. The Bertz CT molecular complexity index is 311. The molecule has 1 amide bonds. The molecule has 1 rings (SSSR count). The van der Waals surface area contributed by atoms with Gasteiger partial charge in [-0.15, -0.1) is 0 Å². The van der Waals surface area contributed by atoms with Gasteiger partial charge in [0, 0.05) is 25.4 Å². The Morgan fingerprint density at radius 3 is 2.94 bits per heavy atom. The van der Waals surface area contributed by atoms with Crippen LogP contribution in [0.15, 0.2) is 24.5 Å². The van der Waals surface area contributed by atoms with Crippen LogP contribution in [0.5, 0.6) is 0 Å². The Morgan fingerprint density at radius 1 is 1.35 bits per heavy atom. The van der Waals surface area contributed by atoms with Crippen LogP contribution in [-0.2, 0) is 11.2 Å². The smallest absolute Gasteiger partial charge is 0.220 e. The van der Waals surface area contributed by atoms with E-state index >= 15 is 0 Å². The van der Waals surface area contributed by atoms with E-state index in [1.54, 1.807) is 6.20 Å². The van der Waals surface area contributed by atoms with Crippen molar-refractivity contribution >= 4 is 5.91 Å². The number of rotatable bonds is 8. The monoisotopic (exact) mass is 233 g/mol. The largest absolute Gasteiger partial charge is 0.356 e. The summed E-state index contributed by atoms with van der Waals surface area (Å²) in [5.41, 5.74) is 1.11. The number of carbonyl (C=O) groups excluding carboxylic acids is 1. The molecular weight excluding hydrogens is 212 g/mol. The van der Waals surface area contributed by atoms with Gasteiger partial charge in [-0.05, 0) is 24.5 Å². The summed E-state index contributed by atoms with van der Waals surface area (Å²) >= 11 is 0. The number of pyridine rings is 1. The lowest BCUT2D eigenvalue weighted by Crippen LogP contribution is -2.24. The van der Waals surface area contributed by atoms with Gasteiger partial charge in [0.05, 0.1) is 0 Å². The van der Waals surface area contributed by atoms with E-state index in [1.807, 2.05) is 18.3 Å². The summed E-state index contributed by atoms with van der Waals surface area (Å²) in [5, 5.41) is 2.93. The van der Waals surface area contributed by atoms with Gasteiger partial charge >= 0.3 is 0 Å². The lowest BCUT2D eigenvalue weighted by atomic mass is 10.1. The van der Waals surface area contributed by atoms with E-state index in [9.17, 15) is 4.79 Å². The molecule has 0 aliphatic rings. The molecule has 3 nitrogen and oxygen atoms in total. The van der Waals surface area contributed by atoms with Crippen LogP contribution in [-0.4, -0.2) is 17.4 Å². The maximum Gasteiger partial charge on any atom is 0.220 e. The van der Waals surface area contributed by atoms with Gasteiger partial charge in [0.1, 0.15) is 0 Å². The van der Waals surface area contributed by atoms with Crippen molar-refractivity contribution in [1.29, 1.82) is 0 Å². The highest BCUT2D eigenvalue weighted by Crippen LogP contribution is 2.00. The first-order valence-corrected chi connectivity index (χ1v) is 6.28. The van der Waals surface area contributed by atoms with E-state index < -0.39 is 0 Å². The van der Waals surface area contributed by atoms with E-state index in [0.29, 0.717) is 6.42 Å². The summed E-state index contributed by atoms with van der Waals surface area (Å²) in [5.74, 6) is 0.128. The average molecular weight is 233 g/mol. The fraction of sp³-hybridized carbons (Fsp3) is 0.500. The van der Waals surface area contributed by atoms with Gasteiger partial charge in [-0.3, -0.25) is 9.78 Å². The number of carbonyl (C=O) groups is 1. The van der Waals surface area contributed by atoms with Gasteiger partial charge in [-0.1, -0.05) is 32.3 Å². The minimum atomic E-state index is 0.128. The van der Waals surface area contributed by atoms with Gasteiger partial charge in [0.25, 0.3) is 0 Å². The molecule has 0 aromatic carbocycles. The highest BCUT2D eigenvalue weighted by atomic mass is 16.1. The van der Waals surface area contributed by atoms with E-state index in [4.69, 9.17) is 0 Å². The lowest BCUT2D eigenvalue weighted by Gasteiger charge is -2.04. The predicted octanol–water partition coefficient (Wildman–Crippen LogP) is 2.52. The van der Waals surface area contributed by atoms with Crippen molar-refractivity contribution < 1.29 is 4.79 Å². The number of unbranched alkanes of at least 4 members (excludes halogenated alkanes) is 3. The molecule has 1 N–H and O–H groups in total. The first-order valence-electron chi connectivity index (χ1n) is 6.28. The van der Waals surface area contributed by atoms with Crippen LogP contribution < -0.4 is 5.32 Å². The van der Waals surface area contributed by atoms with Crippen LogP contribution in [0, 0.1) is 6.92 Å². The number of hydrogen-bond acceptors (Lipinski definition) is 2. The quantitative estimate of drug-likeness (QED) is 0.701. The highest BCUT2D eigenvalue weighted by molar-refractivity contribution is 5.76. The molecule has 0 aliphatic heterocycles. The topological polar surface area (TPSA) is 42.0 Å². The third-order valence-corrected chi connectivity index (χ3v) is 2.61. The van der Waals surface area contributed by atoms with Gasteiger partial charge in [-0.25, -0.2) is 0 Å². The first-order chi connectivity index (χ1) is 8.33.